The van der Waals surface area contributed by atoms with Crippen LogP contribution in [0.1, 0.15) is 55.6 Å². The second-order valence-corrected chi connectivity index (χ2v) is 15.9. The number of anilines is 1. The third-order valence-corrected chi connectivity index (χ3v) is 11.1. The Hall–Kier alpha value is -5.29. The number of likely N-dealkylation sites (tertiary alicyclic amines) is 1. The zero-order valence-electron chi connectivity index (χ0n) is 34.0. The number of fused-ring (bicyclic) bond motifs is 4. The average Bonchev–Trinajstić information content (AvgIpc) is 3.98. The molecule has 4 aromatic rings. The van der Waals surface area contributed by atoms with Crippen LogP contribution in [0.2, 0.25) is 0 Å². The highest BCUT2D eigenvalue weighted by atomic mass is 35.5. The van der Waals surface area contributed by atoms with Gasteiger partial charge in [0.25, 0.3) is 5.91 Å². The number of esters is 1. The monoisotopic (exact) mass is 838 g/mol. The number of ether oxygens (including phenoxy) is 6. The number of aromatic amines is 1. The average molecular weight is 839 g/mol. The number of carbonyl (C=O) groups excluding carboxylic acids is 4. The molecule has 0 saturated carbocycles. The quantitative estimate of drug-likeness (QED) is 0.0545. The molecule has 2 aliphatic rings. The summed E-state index contributed by atoms with van der Waals surface area (Å²) in [6, 6.07) is 12.7. The van der Waals surface area contributed by atoms with E-state index in [4.69, 9.17) is 40.0 Å². The van der Waals surface area contributed by atoms with E-state index >= 15 is 0 Å². The van der Waals surface area contributed by atoms with Crippen LogP contribution >= 0.6 is 11.6 Å². The third kappa shape index (κ3) is 9.15. The smallest absolute Gasteiger partial charge is 0.407 e. The van der Waals surface area contributed by atoms with Gasteiger partial charge in [0.05, 0.1) is 51.2 Å². The summed E-state index contributed by atoms with van der Waals surface area (Å²) in [7, 11) is 4.53. The summed E-state index contributed by atoms with van der Waals surface area (Å²) in [5.41, 5.74) is 1.85. The number of amides is 3. The van der Waals surface area contributed by atoms with Crippen molar-refractivity contribution in [1.29, 1.82) is 0 Å². The molecular formula is C42H51ClN4O12. The van der Waals surface area contributed by atoms with Gasteiger partial charge < -0.3 is 58.7 Å². The van der Waals surface area contributed by atoms with Crippen molar-refractivity contribution in [2.45, 2.75) is 51.9 Å². The molecule has 16 nitrogen and oxygen atoms in total. The molecule has 0 bridgehead atoms. The van der Waals surface area contributed by atoms with Crippen molar-refractivity contribution in [3.05, 3.63) is 53.7 Å². The number of alkyl carbamates (subject to hydrolysis) is 1. The maximum absolute atomic E-state index is 14.3. The lowest BCUT2D eigenvalue weighted by molar-refractivity contribution is -0.189. The number of aromatic nitrogens is 1. The fourth-order valence-electron chi connectivity index (χ4n) is 7.57. The summed E-state index contributed by atoms with van der Waals surface area (Å²) in [6.07, 6.45) is -2.62. The van der Waals surface area contributed by atoms with Gasteiger partial charge in [0.2, 0.25) is 11.7 Å². The Bertz CT molecular complexity index is 2200. The van der Waals surface area contributed by atoms with Crippen LogP contribution in [0.15, 0.2) is 42.5 Å². The Morgan fingerprint density at radius 2 is 1.71 bits per heavy atom. The van der Waals surface area contributed by atoms with Crippen LogP contribution in [-0.2, 0) is 19.1 Å². The van der Waals surface area contributed by atoms with E-state index in [0.717, 1.165) is 10.9 Å². The van der Waals surface area contributed by atoms with Crippen LogP contribution < -0.4 is 29.2 Å². The summed E-state index contributed by atoms with van der Waals surface area (Å²) >= 11 is 6.52. The number of hydrogen-bond acceptors (Lipinski definition) is 12. The Kier molecular flexibility index (Phi) is 13.4. The predicted molar refractivity (Wildman–Crippen MR) is 219 cm³/mol. The van der Waals surface area contributed by atoms with Gasteiger partial charge in [-0.05, 0) is 34.9 Å². The number of rotatable bonds is 15. The highest BCUT2D eigenvalue weighted by Crippen LogP contribution is 2.47. The number of nitrogens with zero attached hydrogens (tertiary/aromatic N) is 2. The maximum atomic E-state index is 14.3. The molecule has 1 aromatic heterocycles. The highest BCUT2D eigenvalue weighted by Gasteiger charge is 2.38. The minimum Gasteiger partial charge on any atom is -0.493 e. The minimum atomic E-state index is -1.44. The number of nitrogens with one attached hydrogen (secondary N) is 2. The zero-order chi connectivity index (χ0) is 42.6. The molecule has 318 valence electrons. The van der Waals surface area contributed by atoms with E-state index in [1.807, 2.05) is 45.0 Å². The van der Waals surface area contributed by atoms with Gasteiger partial charge >= 0.3 is 12.1 Å². The minimum absolute atomic E-state index is 0.0322. The molecule has 0 spiro atoms. The van der Waals surface area contributed by atoms with E-state index in [1.54, 1.807) is 28.0 Å². The first kappa shape index (κ1) is 43.3. The van der Waals surface area contributed by atoms with Gasteiger partial charge in [0.1, 0.15) is 18.1 Å². The second-order valence-electron chi connectivity index (χ2n) is 15.6. The number of alkyl halides is 1. The lowest BCUT2D eigenvalue weighted by Crippen LogP contribution is -2.39. The van der Waals surface area contributed by atoms with Crippen LogP contribution in [0.25, 0.3) is 21.7 Å². The van der Waals surface area contributed by atoms with Crippen LogP contribution in [0.3, 0.4) is 0 Å². The largest absolute Gasteiger partial charge is 0.493 e. The summed E-state index contributed by atoms with van der Waals surface area (Å²) in [5, 5.41) is 24.2. The van der Waals surface area contributed by atoms with E-state index < -0.39 is 42.4 Å². The Morgan fingerprint density at radius 1 is 0.983 bits per heavy atom. The fraction of sp³-hybridized carbons (Fsp3) is 0.476. The first-order valence-electron chi connectivity index (χ1n) is 19.3. The van der Waals surface area contributed by atoms with Gasteiger partial charge in [-0.1, -0.05) is 45.0 Å². The molecule has 1 saturated heterocycles. The van der Waals surface area contributed by atoms with Gasteiger partial charge in [-0.15, -0.1) is 11.6 Å². The molecule has 3 heterocycles. The van der Waals surface area contributed by atoms with E-state index in [0.29, 0.717) is 64.4 Å². The Morgan fingerprint density at radius 3 is 2.37 bits per heavy atom. The zero-order valence-corrected chi connectivity index (χ0v) is 34.7. The number of aliphatic hydroxyl groups is 2. The van der Waals surface area contributed by atoms with Crippen LogP contribution in [0.5, 0.6) is 23.0 Å². The van der Waals surface area contributed by atoms with Crippen LogP contribution in [0.4, 0.5) is 10.5 Å². The molecule has 0 radical (unpaired) electrons. The number of H-pyrrole nitrogens is 1. The van der Waals surface area contributed by atoms with Gasteiger partial charge in [-0.25, -0.2) is 4.79 Å². The SMILES string of the molecule is COc1cc2cc(C(=O)N3C[C@@H](CCl)c4c3cc(OC(=O)C3CCN(C(=O)CCNC(=O)OCC(O)OC(CO)C(C)(C)C)C3)c3ccccc43)[nH]c2c(OC)c1OC. The van der Waals surface area contributed by atoms with E-state index in [1.165, 1.54) is 21.3 Å². The molecule has 3 aromatic carbocycles. The molecule has 6 rings (SSSR count). The van der Waals surface area contributed by atoms with Crippen molar-refractivity contribution in [1.82, 2.24) is 15.2 Å². The number of aliphatic hydroxyl groups excluding tert-OH is 2. The van der Waals surface area contributed by atoms with Crippen molar-refractivity contribution in [2.24, 2.45) is 11.3 Å². The van der Waals surface area contributed by atoms with Gasteiger partial charge in [-0.3, -0.25) is 14.4 Å². The Balaban J connectivity index is 1.11. The second kappa shape index (κ2) is 18.3. The van der Waals surface area contributed by atoms with Crippen molar-refractivity contribution in [3.63, 3.8) is 0 Å². The normalized spacial score (nSPS) is 17.4. The number of carbonyl (C=O) groups is 4. The van der Waals surface area contributed by atoms with E-state index in [-0.39, 0.29) is 55.5 Å². The van der Waals surface area contributed by atoms with Crippen molar-refractivity contribution in [2.75, 3.05) is 71.5 Å². The molecule has 3 amide bonds. The maximum Gasteiger partial charge on any atom is 0.407 e. The van der Waals surface area contributed by atoms with Crippen LogP contribution in [0, 0.1) is 11.3 Å². The van der Waals surface area contributed by atoms with Crippen molar-refractivity contribution >= 4 is 62.8 Å². The molecular weight excluding hydrogens is 788 g/mol. The number of benzene rings is 3. The lowest BCUT2D eigenvalue weighted by Gasteiger charge is -2.30. The summed E-state index contributed by atoms with van der Waals surface area (Å²) in [6.45, 7) is 5.45. The lowest BCUT2D eigenvalue weighted by atomic mass is 9.89. The first-order valence-corrected chi connectivity index (χ1v) is 19.9. The van der Waals surface area contributed by atoms with Crippen LogP contribution in [-0.4, -0.2) is 123 Å². The van der Waals surface area contributed by atoms with Gasteiger partial charge in [0, 0.05) is 61.2 Å². The summed E-state index contributed by atoms with van der Waals surface area (Å²) < 4.78 is 33.1. The summed E-state index contributed by atoms with van der Waals surface area (Å²) in [4.78, 5) is 59.6. The topological polar surface area (TPSA) is 198 Å². The standard InChI is InChI=1S/C42H51ClN4O12/c1-42(2,3)32(21-48)59-34(50)22-57-41(53)44-13-11-33(49)46-14-12-23(19-46)40(52)58-30-17-29-35(27-10-8-7-9-26(27)30)25(18-43)20-47(29)39(51)28-15-24-16-31(54-4)37(55-5)38(56-6)36(24)45-28/h7-10,15-17,23,25,32,34,45,48,50H,11-14,18-22H2,1-6H3,(H,44,53)/t23?,25-,32?,34?/m1/s1. The molecule has 4 atom stereocenters. The number of methoxy groups -OCH3 is 3. The predicted octanol–water partition coefficient (Wildman–Crippen LogP) is 4.94. The number of hydrogen-bond donors (Lipinski definition) is 4. The van der Waals surface area contributed by atoms with Gasteiger partial charge in [-0.2, -0.15) is 0 Å². The molecule has 2 aliphatic heterocycles. The molecule has 0 aliphatic carbocycles. The number of halogens is 1. The third-order valence-electron chi connectivity index (χ3n) is 10.7. The highest BCUT2D eigenvalue weighted by molar-refractivity contribution is 6.19. The Labute approximate surface area is 346 Å². The first-order chi connectivity index (χ1) is 28.2. The summed E-state index contributed by atoms with van der Waals surface area (Å²) in [5.74, 6) is -0.173. The van der Waals surface area contributed by atoms with E-state index in [9.17, 15) is 29.4 Å². The van der Waals surface area contributed by atoms with Gasteiger partial charge in [0.15, 0.2) is 17.8 Å². The molecule has 59 heavy (non-hydrogen) atoms. The molecule has 3 unspecified atom stereocenters. The van der Waals surface area contributed by atoms with E-state index in [2.05, 4.69) is 10.3 Å². The molecule has 4 N–H and O–H groups in total. The fourth-order valence-corrected chi connectivity index (χ4v) is 7.82. The molecule has 1 fully saturated rings. The molecule has 17 heteroatoms. The van der Waals surface area contributed by atoms with Crippen molar-refractivity contribution < 1.29 is 57.8 Å². The van der Waals surface area contributed by atoms with Crippen molar-refractivity contribution in [3.8, 4) is 23.0 Å².